The molecule has 1 unspecified atom stereocenters. The van der Waals surface area contributed by atoms with Crippen LogP contribution in [0.2, 0.25) is 10.0 Å². The van der Waals surface area contributed by atoms with E-state index < -0.39 is 5.92 Å². The number of halogens is 3. The number of hydrogen-bond acceptors (Lipinski definition) is 5. The van der Waals surface area contributed by atoms with E-state index in [-0.39, 0.29) is 11.2 Å². The second kappa shape index (κ2) is 7.72. The lowest BCUT2D eigenvalue weighted by Gasteiger charge is -2.43. The summed E-state index contributed by atoms with van der Waals surface area (Å²) in [5, 5.41) is 12.9. The second-order valence-corrected chi connectivity index (χ2v) is 11.0. The molecule has 154 valence electrons. The van der Waals surface area contributed by atoms with Crippen molar-refractivity contribution in [2.24, 2.45) is 11.1 Å². The molecule has 4 nitrogen and oxygen atoms in total. The molecule has 1 aromatic carbocycles. The molecule has 0 spiro atoms. The highest BCUT2D eigenvalue weighted by molar-refractivity contribution is 9.10. The summed E-state index contributed by atoms with van der Waals surface area (Å²) in [7, 11) is 0. The van der Waals surface area contributed by atoms with E-state index in [4.69, 9.17) is 28.9 Å². The molecular formula is C22H18BrCl2N3OS. The topological polar surface area (TPSA) is 70.1 Å². The highest BCUT2D eigenvalue weighted by Crippen LogP contribution is 2.51. The minimum Gasteiger partial charge on any atom is -0.384 e. The summed E-state index contributed by atoms with van der Waals surface area (Å²) < 4.78 is 0.910. The zero-order valence-electron chi connectivity index (χ0n) is 16.3. The van der Waals surface area contributed by atoms with E-state index >= 15 is 0 Å². The lowest BCUT2D eigenvalue weighted by atomic mass is 9.69. The maximum Gasteiger partial charge on any atom is 0.162 e. The summed E-state index contributed by atoms with van der Waals surface area (Å²) in [6.07, 6.45) is 1.05. The molecule has 1 aliphatic heterocycles. The van der Waals surface area contributed by atoms with Gasteiger partial charge in [-0.3, -0.25) is 9.69 Å². The summed E-state index contributed by atoms with van der Waals surface area (Å²) in [5.74, 6) is -0.139. The van der Waals surface area contributed by atoms with E-state index in [2.05, 4.69) is 35.8 Å². The highest BCUT2D eigenvalue weighted by atomic mass is 79.9. The van der Waals surface area contributed by atoms with Crippen LogP contribution in [-0.4, -0.2) is 5.78 Å². The van der Waals surface area contributed by atoms with Crippen molar-refractivity contribution in [3.63, 3.8) is 0 Å². The minimum atomic E-state index is -0.476. The molecule has 0 amide bonds. The lowest BCUT2D eigenvalue weighted by Crippen LogP contribution is -2.42. The third kappa shape index (κ3) is 3.69. The number of thiophene rings is 1. The summed E-state index contributed by atoms with van der Waals surface area (Å²) in [6.45, 7) is 4.13. The number of rotatable bonds is 2. The molecule has 0 radical (unpaired) electrons. The SMILES string of the molecule is CC1(C)CC(=O)C2=C(C1)N(c1cc(Cl)cc(Cl)c1)C(N)=C(C#N)C2c1cc(Br)cs1. The Bertz CT molecular complexity index is 1160. The van der Waals surface area contributed by atoms with Crippen molar-refractivity contribution < 1.29 is 4.79 Å². The van der Waals surface area contributed by atoms with Crippen LogP contribution in [0.1, 0.15) is 37.5 Å². The van der Waals surface area contributed by atoms with Crippen LogP contribution in [-0.2, 0) is 4.79 Å². The quantitative estimate of drug-likeness (QED) is 0.473. The van der Waals surface area contributed by atoms with Crippen molar-refractivity contribution in [3.8, 4) is 6.07 Å². The Balaban J connectivity index is 2.02. The fraction of sp³-hybridized carbons (Fsp3) is 0.273. The summed E-state index contributed by atoms with van der Waals surface area (Å²) >= 11 is 17.5. The van der Waals surface area contributed by atoms with Crippen LogP contribution in [0.4, 0.5) is 5.69 Å². The molecule has 30 heavy (non-hydrogen) atoms. The maximum absolute atomic E-state index is 13.4. The van der Waals surface area contributed by atoms with Gasteiger partial charge in [0, 0.05) is 42.5 Å². The van der Waals surface area contributed by atoms with E-state index in [1.165, 1.54) is 11.3 Å². The van der Waals surface area contributed by atoms with Gasteiger partial charge in [0.25, 0.3) is 0 Å². The minimum absolute atomic E-state index is 0.0362. The molecule has 1 aliphatic carbocycles. The van der Waals surface area contributed by atoms with Gasteiger partial charge in [-0.05, 0) is 52.0 Å². The van der Waals surface area contributed by atoms with Crippen LogP contribution in [0, 0.1) is 16.7 Å². The smallest absolute Gasteiger partial charge is 0.162 e. The fourth-order valence-electron chi connectivity index (χ4n) is 4.24. The average Bonchev–Trinajstić information content (AvgIpc) is 3.04. The molecule has 0 fully saturated rings. The van der Waals surface area contributed by atoms with E-state index in [9.17, 15) is 10.1 Å². The highest BCUT2D eigenvalue weighted by Gasteiger charge is 2.45. The molecule has 2 aromatic rings. The average molecular weight is 523 g/mol. The largest absolute Gasteiger partial charge is 0.384 e. The van der Waals surface area contributed by atoms with Crippen LogP contribution in [0.25, 0.3) is 0 Å². The summed E-state index contributed by atoms with van der Waals surface area (Å²) in [5.41, 5.74) is 8.78. The molecule has 2 heterocycles. The number of carbonyl (C=O) groups is 1. The van der Waals surface area contributed by atoms with E-state index in [1.54, 1.807) is 23.1 Å². The Hall–Kier alpha value is -1.78. The lowest BCUT2D eigenvalue weighted by molar-refractivity contribution is -0.118. The van der Waals surface area contributed by atoms with Gasteiger partial charge < -0.3 is 5.73 Å². The molecule has 0 bridgehead atoms. The zero-order valence-corrected chi connectivity index (χ0v) is 20.2. The van der Waals surface area contributed by atoms with E-state index in [0.29, 0.717) is 45.5 Å². The first-order chi connectivity index (χ1) is 14.1. The van der Waals surface area contributed by atoms with E-state index in [0.717, 1.165) is 15.0 Å². The number of hydrogen-bond donors (Lipinski definition) is 1. The third-order valence-corrected chi connectivity index (χ3v) is 7.55. The van der Waals surface area contributed by atoms with Gasteiger partial charge in [-0.1, -0.05) is 37.0 Å². The number of anilines is 1. The van der Waals surface area contributed by atoms with Gasteiger partial charge in [0.2, 0.25) is 0 Å². The molecule has 0 saturated carbocycles. The normalized spacial score (nSPS) is 21.0. The van der Waals surface area contributed by atoms with Crippen molar-refractivity contribution >= 4 is 61.9 Å². The van der Waals surface area contributed by atoms with Gasteiger partial charge in [-0.15, -0.1) is 11.3 Å². The first-order valence-corrected chi connectivity index (χ1v) is 11.7. The third-order valence-electron chi connectivity index (χ3n) is 5.36. The van der Waals surface area contributed by atoms with Gasteiger partial charge >= 0.3 is 0 Å². The predicted octanol–water partition coefficient (Wildman–Crippen LogP) is 6.76. The van der Waals surface area contributed by atoms with Crippen LogP contribution >= 0.6 is 50.5 Å². The van der Waals surface area contributed by atoms with Crippen molar-refractivity contribution in [2.45, 2.75) is 32.6 Å². The number of ketones is 1. The van der Waals surface area contributed by atoms with Gasteiger partial charge in [0.15, 0.2) is 5.78 Å². The molecule has 1 aromatic heterocycles. The monoisotopic (exact) mass is 521 g/mol. The van der Waals surface area contributed by atoms with E-state index in [1.807, 2.05) is 11.4 Å². The van der Waals surface area contributed by atoms with Crippen LogP contribution in [0.3, 0.4) is 0 Å². The summed E-state index contributed by atoms with van der Waals surface area (Å²) in [6, 6.07) is 9.34. The number of carbonyl (C=O) groups excluding carboxylic acids is 1. The van der Waals surface area contributed by atoms with Gasteiger partial charge in [0.05, 0.1) is 23.2 Å². The van der Waals surface area contributed by atoms with Gasteiger partial charge in [0.1, 0.15) is 5.82 Å². The van der Waals surface area contributed by atoms with Crippen molar-refractivity contribution in [3.05, 3.63) is 71.7 Å². The molecule has 8 heteroatoms. The van der Waals surface area contributed by atoms with Crippen molar-refractivity contribution in [1.29, 1.82) is 5.26 Å². The van der Waals surface area contributed by atoms with Crippen molar-refractivity contribution in [2.75, 3.05) is 4.90 Å². The molecule has 4 rings (SSSR count). The van der Waals surface area contributed by atoms with Crippen LogP contribution in [0.5, 0.6) is 0 Å². The fourth-order valence-corrected chi connectivity index (χ4v) is 6.31. The summed E-state index contributed by atoms with van der Waals surface area (Å²) in [4.78, 5) is 16.1. The van der Waals surface area contributed by atoms with Crippen LogP contribution < -0.4 is 10.6 Å². The first-order valence-electron chi connectivity index (χ1n) is 9.27. The van der Waals surface area contributed by atoms with Crippen molar-refractivity contribution in [1.82, 2.24) is 0 Å². The zero-order chi connectivity index (χ0) is 21.8. The van der Waals surface area contributed by atoms with Crippen LogP contribution in [0.15, 0.2) is 56.8 Å². The number of nitrogens with zero attached hydrogens (tertiary/aromatic N) is 2. The maximum atomic E-state index is 13.4. The Morgan fingerprint density at radius 1 is 1.23 bits per heavy atom. The van der Waals surface area contributed by atoms with Gasteiger partial charge in [-0.25, -0.2) is 0 Å². The number of allylic oxidation sites excluding steroid dienone is 3. The number of benzene rings is 1. The molecule has 0 saturated heterocycles. The predicted molar refractivity (Wildman–Crippen MR) is 126 cm³/mol. The first kappa shape index (κ1) is 21.5. The second-order valence-electron chi connectivity index (χ2n) is 8.28. The Labute approximate surface area is 197 Å². The number of nitriles is 1. The number of nitrogens with two attached hydrogens (primary N) is 1. The van der Waals surface area contributed by atoms with Gasteiger partial charge in [-0.2, -0.15) is 5.26 Å². The Kier molecular flexibility index (Phi) is 5.52. The molecule has 2 aliphatic rings. The Morgan fingerprint density at radius 2 is 1.90 bits per heavy atom. The molecular weight excluding hydrogens is 505 g/mol. The standard InChI is InChI=1S/C22H18BrCl2N3OS/c1-22(2)7-16-20(17(29)8-22)19(18-3-11(23)10-30-18)15(9-26)21(27)28(16)14-5-12(24)4-13(25)6-14/h3-6,10,19H,7-8,27H2,1-2H3. The number of Topliss-reactive ketones (excluding diaryl/α,β-unsaturated/α-hetero) is 1. The Morgan fingerprint density at radius 3 is 2.47 bits per heavy atom. The molecule has 2 N–H and O–H groups in total. The molecule has 1 atom stereocenters.